The number of Topliss-reactive ketones (excluding diaryl/α,β-unsaturated/α-hetero) is 1. The number of fused-ring (bicyclic) bond motifs is 1. The first-order chi connectivity index (χ1) is 12.5. The van der Waals surface area contributed by atoms with Gasteiger partial charge in [0.1, 0.15) is 5.01 Å². The van der Waals surface area contributed by atoms with Gasteiger partial charge in [0.2, 0.25) is 4.96 Å². The Hall–Kier alpha value is -1.37. The highest BCUT2D eigenvalue weighted by Crippen LogP contribution is 2.35. The average Bonchev–Trinajstić information content (AvgIpc) is 3.13. The fourth-order valence-corrected chi connectivity index (χ4v) is 4.07. The first-order valence-electron chi connectivity index (χ1n) is 7.73. The molecule has 0 spiro atoms. The van der Waals surface area contributed by atoms with Gasteiger partial charge in [-0.2, -0.15) is 27.1 Å². The number of methoxy groups -OCH3 is 1. The van der Waals surface area contributed by atoms with Gasteiger partial charge >= 0.3 is 11.6 Å². The van der Waals surface area contributed by atoms with Crippen LogP contribution in [-0.2, 0) is 28.9 Å². The predicted octanol–water partition coefficient (Wildman–Crippen LogP) is 3.18. The number of ketones is 1. The highest BCUT2D eigenvalue weighted by atomic mass is 35.5. The molecule has 13 heteroatoms. The van der Waals surface area contributed by atoms with Crippen molar-refractivity contribution in [3.05, 3.63) is 16.4 Å². The number of ether oxygens (including phenoxy) is 1. The second-order valence-electron chi connectivity index (χ2n) is 6.18. The molecule has 1 fully saturated rings. The standard InChI is InChI=1S/C14H14ClF5N4O2S/c1-26-6-10-22-24-8(11(14(18,19)20)21-12(24)27-10)4-23-3-7(9(25)5-23)2-13(15,16)17/h7H,2-6H2,1H3/t7-/m0/s1. The molecule has 0 bridgehead atoms. The third kappa shape index (κ3) is 4.55. The summed E-state index contributed by atoms with van der Waals surface area (Å²) in [5, 5.41) is 0.968. The molecular weight excluding hydrogens is 419 g/mol. The van der Waals surface area contributed by atoms with Crippen LogP contribution in [0.1, 0.15) is 22.8 Å². The van der Waals surface area contributed by atoms with Gasteiger partial charge in [-0.25, -0.2) is 9.50 Å². The number of carbonyl (C=O) groups is 1. The zero-order valence-corrected chi connectivity index (χ0v) is 15.5. The lowest BCUT2D eigenvalue weighted by atomic mass is 10.0. The first kappa shape index (κ1) is 20.4. The molecule has 150 valence electrons. The van der Waals surface area contributed by atoms with Crippen LogP contribution in [-0.4, -0.2) is 50.9 Å². The zero-order chi connectivity index (χ0) is 20.0. The van der Waals surface area contributed by atoms with Crippen molar-refractivity contribution in [1.82, 2.24) is 19.5 Å². The van der Waals surface area contributed by atoms with Crippen LogP contribution >= 0.6 is 22.9 Å². The Morgan fingerprint density at radius 1 is 1.33 bits per heavy atom. The molecule has 0 saturated carbocycles. The fourth-order valence-electron chi connectivity index (χ4n) is 3.00. The van der Waals surface area contributed by atoms with Crippen molar-refractivity contribution in [2.75, 3.05) is 20.2 Å². The van der Waals surface area contributed by atoms with E-state index in [4.69, 9.17) is 16.3 Å². The molecule has 2 aromatic heterocycles. The fraction of sp³-hybridized carbons (Fsp3) is 0.643. The van der Waals surface area contributed by atoms with Crippen molar-refractivity contribution in [1.29, 1.82) is 0 Å². The van der Waals surface area contributed by atoms with Crippen molar-refractivity contribution in [2.45, 2.75) is 31.1 Å². The maximum absolute atomic E-state index is 13.3. The molecule has 0 aliphatic carbocycles. The smallest absolute Gasteiger partial charge is 0.377 e. The van der Waals surface area contributed by atoms with E-state index in [9.17, 15) is 26.7 Å². The van der Waals surface area contributed by atoms with Crippen LogP contribution in [0.25, 0.3) is 4.96 Å². The summed E-state index contributed by atoms with van der Waals surface area (Å²) in [6.07, 6.45) is -5.57. The molecule has 6 nitrogen and oxygen atoms in total. The summed E-state index contributed by atoms with van der Waals surface area (Å²) < 4.78 is 71.9. The number of imidazole rings is 1. The van der Waals surface area contributed by atoms with Crippen molar-refractivity contribution in [3.63, 3.8) is 0 Å². The van der Waals surface area contributed by atoms with Crippen molar-refractivity contribution in [3.8, 4) is 0 Å². The van der Waals surface area contributed by atoms with E-state index >= 15 is 0 Å². The number of nitrogens with zero attached hydrogens (tertiary/aromatic N) is 4. The molecule has 1 atom stereocenters. The van der Waals surface area contributed by atoms with Gasteiger partial charge in [0.05, 0.1) is 18.8 Å². The molecule has 1 saturated heterocycles. The van der Waals surface area contributed by atoms with Gasteiger partial charge in [-0.15, -0.1) is 0 Å². The Labute approximate surface area is 158 Å². The summed E-state index contributed by atoms with van der Waals surface area (Å²) in [6, 6.07) is 0. The summed E-state index contributed by atoms with van der Waals surface area (Å²) >= 11 is 5.83. The van der Waals surface area contributed by atoms with Gasteiger partial charge in [0.25, 0.3) is 0 Å². The Morgan fingerprint density at radius 2 is 2.04 bits per heavy atom. The second-order valence-corrected chi connectivity index (χ2v) is 7.77. The molecule has 3 heterocycles. The zero-order valence-electron chi connectivity index (χ0n) is 13.9. The van der Waals surface area contributed by atoms with Crippen molar-refractivity contribution >= 4 is 33.7 Å². The third-order valence-electron chi connectivity index (χ3n) is 4.04. The van der Waals surface area contributed by atoms with Gasteiger partial charge in [-0.3, -0.25) is 9.69 Å². The first-order valence-corrected chi connectivity index (χ1v) is 8.92. The van der Waals surface area contributed by atoms with E-state index < -0.39 is 35.4 Å². The minimum atomic E-state index is -4.71. The number of hydrogen-bond acceptors (Lipinski definition) is 6. The van der Waals surface area contributed by atoms with Crippen LogP contribution in [0.3, 0.4) is 0 Å². The van der Waals surface area contributed by atoms with Crippen LogP contribution in [0.4, 0.5) is 22.0 Å². The van der Waals surface area contributed by atoms with Gasteiger partial charge in [-0.1, -0.05) is 11.3 Å². The summed E-state index contributed by atoms with van der Waals surface area (Å²) in [5.74, 6) is -1.52. The highest BCUT2D eigenvalue weighted by molar-refractivity contribution is 7.16. The van der Waals surface area contributed by atoms with E-state index in [1.165, 1.54) is 12.0 Å². The molecule has 2 aromatic rings. The number of alkyl halides is 6. The SMILES string of the molecule is COCc1nn2c(CN3CC(=O)[C@@H](CC(F)(F)Cl)C3)c(C(F)(F)F)nc2s1. The summed E-state index contributed by atoms with van der Waals surface area (Å²) in [4.78, 5) is 16.9. The van der Waals surface area contributed by atoms with Gasteiger partial charge < -0.3 is 4.74 Å². The average molecular weight is 433 g/mol. The maximum Gasteiger partial charge on any atom is 0.435 e. The summed E-state index contributed by atoms with van der Waals surface area (Å²) in [6.45, 7) is -0.538. The van der Waals surface area contributed by atoms with Crippen LogP contribution in [0.2, 0.25) is 0 Å². The Morgan fingerprint density at radius 3 is 2.63 bits per heavy atom. The Kier molecular flexibility index (Phi) is 5.45. The van der Waals surface area contributed by atoms with Crippen LogP contribution in [0.5, 0.6) is 0 Å². The normalized spacial score (nSPS) is 19.5. The van der Waals surface area contributed by atoms with Gasteiger partial charge in [-0.05, 0) is 11.6 Å². The molecular formula is C14H14ClF5N4O2S. The number of likely N-dealkylation sites (tertiary alicyclic amines) is 1. The topological polar surface area (TPSA) is 59.7 Å². The molecule has 3 rings (SSSR count). The largest absolute Gasteiger partial charge is 0.435 e. The third-order valence-corrected chi connectivity index (χ3v) is 5.08. The molecule has 27 heavy (non-hydrogen) atoms. The minimum absolute atomic E-state index is 0.0405. The molecule has 0 radical (unpaired) electrons. The van der Waals surface area contributed by atoms with Gasteiger partial charge in [0.15, 0.2) is 11.5 Å². The quantitative estimate of drug-likeness (QED) is 0.518. The molecule has 0 amide bonds. The molecule has 1 aliphatic heterocycles. The minimum Gasteiger partial charge on any atom is -0.377 e. The van der Waals surface area contributed by atoms with Gasteiger partial charge in [0, 0.05) is 32.5 Å². The molecule has 0 N–H and O–H groups in total. The van der Waals surface area contributed by atoms with Crippen molar-refractivity contribution in [2.24, 2.45) is 5.92 Å². The lowest BCUT2D eigenvalue weighted by Gasteiger charge is -2.16. The molecule has 0 unspecified atom stereocenters. The van der Waals surface area contributed by atoms with E-state index in [1.807, 2.05) is 0 Å². The predicted molar refractivity (Wildman–Crippen MR) is 85.8 cm³/mol. The second kappa shape index (κ2) is 7.22. The van der Waals surface area contributed by atoms with E-state index in [-0.39, 0.29) is 36.9 Å². The van der Waals surface area contributed by atoms with E-state index in [0.717, 1.165) is 15.9 Å². The number of carbonyl (C=O) groups excluding carboxylic acids is 1. The van der Waals surface area contributed by atoms with Crippen LogP contribution in [0, 0.1) is 5.92 Å². The number of rotatable bonds is 6. The number of halogens is 6. The van der Waals surface area contributed by atoms with E-state index in [0.29, 0.717) is 5.01 Å². The van der Waals surface area contributed by atoms with E-state index in [2.05, 4.69) is 10.1 Å². The van der Waals surface area contributed by atoms with Crippen molar-refractivity contribution < 1.29 is 31.5 Å². The molecule has 0 aromatic carbocycles. The summed E-state index contributed by atoms with van der Waals surface area (Å²) in [7, 11) is 1.43. The highest BCUT2D eigenvalue weighted by Gasteiger charge is 2.42. The monoisotopic (exact) mass is 432 g/mol. The number of aromatic nitrogens is 3. The van der Waals surface area contributed by atoms with Crippen LogP contribution in [0.15, 0.2) is 0 Å². The van der Waals surface area contributed by atoms with Crippen LogP contribution < -0.4 is 0 Å². The summed E-state index contributed by atoms with van der Waals surface area (Å²) in [5.41, 5.74) is -1.36. The van der Waals surface area contributed by atoms with E-state index in [1.54, 1.807) is 0 Å². The Bertz CT molecular complexity index is 847. The number of hydrogen-bond donors (Lipinski definition) is 0. The maximum atomic E-state index is 13.3. The molecule has 1 aliphatic rings. The lowest BCUT2D eigenvalue weighted by molar-refractivity contribution is -0.141. The Balaban J connectivity index is 1.88. The lowest BCUT2D eigenvalue weighted by Crippen LogP contribution is -2.24.